The predicted octanol–water partition coefficient (Wildman–Crippen LogP) is 4.71. The van der Waals surface area contributed by atoms with Crippen LogP contribution in [0.4, 0.5) is 0 Å². The van der Waals surface area contributed by atoms with E-state index < -0.39 is 0 Å². The highest BCUT2D eigenvalue weighted by Crippen LogP contribution is 2.24. The van der Waals surface area contributed by atoms with Gasteiger partial charge < -0.3 is 4.90 Å². The molecule has 19 heavy (non-hydrogen) atoms. The highest BCUT2D eigenvalue weighted by molar-refractivity contribution is 9.11. The fourth-order valence-corrected chi connectivity index (χ4v) is 3.84. The van der Waals surface area contributed by atoms with Crippen LogP contribution in [-0.4, -0.2) is 23.9 Å². The Morgan fingerprint density at radius 3 is 2.58 bits per heavy atom. The van der Waals surface area contributed by atoms with Crippen LogP contribution in [0.1, 0.15) is 43.4 Å². The molecule has 4 heteroatoms. The number of hydrogen-bond acceptors (Lipinski definition) is 2. The van der Waals surface area contributed by atoms with Crippen molar-refractivity contribution in [2.45, 2.75) is 44.6 Å². The van der Waals surface area contributed by atoms with Gasteiger partial charge in [-0.05, 0) is 47.0 Å². The van der Waals surface area contributed by atoms with Gasteiger partial charge in [0.2, 0.25) is 5.91 Å². The van der Waals surface area contributed by atoms with Crippen molar-refractivity contribution in [3.05, 3.63) is 26.9 Å². The van der Waals surface area contributed by atoms with Crippen LogP contribution < -0.4 is 0 Å². The number of halogens is 1. The van der Waals surface area contributed by atoms with Gasteiger partial charge in [-0.25, -0.2) is 0 Å². The third-order valence-electron chi connectivity index (χ3n) is 3.70. The number of likely N-dealkylation sites (N-methyl/N-ethyl adjacent to an activating group) is 1. The lowest BCUT2D eigenvalue weighted by atomic mass is 10.1. The van der Waals surface area contributed by atoms with Crippen LogP contribution in [0.2, 0.25) is 0 Å². The minimum atomic E-state index is 0.122. The smallest absolute Gasteiger partial charge is 0.246 e. The van der Waals surface area contributed by atoms with Crippen LogP contribution >= 0.6 is 27.3 Å². The summed E-state index contributed by atoms with van der Waals surface area (Å²) in [5.41, 5.74) is 0. The Hall–Kier alpha value is -0.610. The summed E-state index contributed by atoms with van der Waals surface area (Å²) >= 11 is 5.07. The van der Waals surface area contributed by atoms with Crippen molar-refractivity contribution in [1.82, 2.24) is 4.90 Å². The second-order valence-electron chi connectivity index (χ2n) is 5.07. The topological polar surface area (TPSA) is 20.3 Å². The van der Waals surface area contributed by atoms with Crippen LogP contribution in [-0.2, 0) is 4.79 Å². The summed E-state index contributed by atoms with van der Waals surface area (Å²) in [6.07, 6.45) is 11.1. The minimum absolute atomic E-state index is 0.122. The molecule has 0 unspecified atom stereocenters. The first-order valence-corrected chi connectivity index (χ1v) is 8.48. The Kier molecular flexibility index (Phi) is 5.64. The number of carbonyl (C=O) groups is 1. The SMILES string of the molecule is CN(C(=O)/C=C/c1ccc(Br)s1)C1CCCCCC1. The van der Waals surface area contributed by atoms with Gasteiger partial charge in [0.15, 0.2) is 0 Å². The molecule has 1 heterocycles. The number of thiophene rings is 1. The molecule has 0 bridgehead atoms. The molecule has 104 valence electrons. The molecule has 0 aliphatic heterocycles. The molecule has 2 rings (SSSR count). The first kappa shape index (κ1) is 14.8. The van der Waals surface area contributed by atoms with E-state index in [4.69, 9.17) is 0 Å². The van der Waals surface area contributed by atoms with Crippen LogP contribution in [0.25, 0.3) is 6.08 Å². The standard InChI is InChI=1S/C15H20BrNOS/c1-17(12-6-4-2-3-5-7-12)15(18)11-9-13-8-10-14(16)19-13/h8-12H,2-7H2,1H3/b11-9+. The lowest BCUT2D eigenvalue weighted by Gasteiger charge is -2.26. The number of hydrogen-bond donors (Lipinski definition) is 0. The van der Waals surface area contributed by atoms with Gasteiger partial charge in [0.25, 0.3) is 0 Å². The molecule has 0 atom stereocenters. The molecule has 0 saturated heterocycles. The van der Waals surface area contributed by atoms with Crippen LogP contribution in [0.15, 0.2) is 22.0 Å². The van der Waals surface area contributed by atoms with Crippen LogP contribution in [0.5, 0.6) is 0 Å². The zero-order valence-electron chi connectivity index (χ0n) is 11.3. The van der Waals surface area contributed by atoms with Gasteiger partial charge in [-0.1, -0.05) is 25.7 Å². The molecule has 1 fully saturated rings. The Morgan fingerprint density at radius 1 is 1.32 bits per heavy atom. The Balaban J connectivity index is 1.92. The summed E-state index contributed by atoms with van der Waals surface area (Å²) in [5, 5.41) is 0. The number of nitrogens with zero attached hydrogens (tertiary/aromatic N) is 1. The van der Waals surface area contributed by atoms with E-state index >= 15 is 0 Å². The maximum atomic E-state index is 12.2. The predicted molar refractivity (Wildman–Crippen MR) is 85.3 cm³/mol. The van der Waals surface area contributed by atoms with Gasteiger partial charge in [-0.3, -0.25) is 4.79 Å². The molecule has 1 aromatic rings. The highest BCUT2D eigenvalue weighted by Gasteiger charge is 2.19. The lowest BCUT2D eigenvalue weighted by molar-refractivity contribution is -0.126. The molecule has 1 aliphatic rings. The van der Waals surface area contributed by atoms with Gasteiger partial charge in [-0.2, -0.15) is 0 Å². The molecular formula is C15H20BrNOS. The number of carbonyl (C=O) groups excluding carboxylic acids is 1. The van der Waals surface area contributed by atoms with E-state index in [0.29, 0.717) is 6.04 Å². The summed E-state index contributed by atoms with van der Waals surface area (Å²) in [6.45, 7) is 0. The highest BCUT2D eigenvalue weighted by atomic mass is 79.9. The Labute approximate surface area is 127 Å². The number of amides is 1. The van der Waals surface area contributed by atoms with E-state index in [2.05, 4.69) is 15.9 Å². The van der Waals surface area contributed by atoms with E-state index in [9.17, 15) is 4.79 Å². The summed E-state index contributed by atoms with van der Waals surface area (Å²) in [7, 11) is 1.94. The third-order valence-corrected chi connectivity index (χ3v) is 5.29. The van der Waals surface area contributed by atoms with Crippen LogP contribution in [0, 0.1) is 0 Å². The van der Waals surface area contributed by atoms with Gasteiger partial charge in [-0.15, -0.1) is 11.3 Å². The first-order valence-electron chi connectivity index (χ1n) is 6.87. The fourth-order valence-electron chi connectivity index (χ4n) is 2.51. The van der Waals surface area contributed by atoms with E-state index in [0.717, 1.165) is 21.5 Å². The Bertz CT molecular complexity index is 447. The summed E-state index contributed by atoms with van der Waals surface area (Å²) in [5.74, 6) is 0.122. The van der Waals surface area contributed by atoms with E-state index in [1.54, 1.807) is 17.4 Å². The molecule has 1 amide bonds. The average Bonchev–Trinajstić information content (AvgIpc) is 2.67. The summed E-state index contributed by atoms with van der Waals surface area (Å²) < 4.78 is 1.09. The van der Waals surface area contributed by atoms with Gasteiger partial charge in [0, 0.05) is 24.0 Å². The molecule has 1 saturated carbocycles. The minimum Gasteiger partial charge on any atom is -0.339 e. The van der Waals surface area contributed by atoms with Crippen molar-refractivity contribution < 1.29 is 4.79 Å². The van der Waals surface area contributed by atoms with Gasteiger partial charge in [0.1, 0.15) is 0 Å². The van der Waals surface area contributed by atoms with Crippen molar-refractivity contribution in [3.63, 3.8) is 0 Å². The molecule has 0 spiro atoms. The second-order valence-corrected chi connectivity index (χ2v) is 7.56. The number of rotatable bonds is 3. The van der Waals surface area contributed by atoms with Crippen molar-refractivity contribution in [2.75, 3.05) is 7.05 Å². The third kappa shape index (κ3) is 4.46. The quantitative estimate of drug-likeness (QED) is 0.576. The average molecular weight is 342 g/mol. The van der Waals surface area contributed by atoms with Crippen molar-refractivity contribution >= 4 is 39.2 Å². The van der Waals surface area contributed by atoms with E-state index in [1.807, 2.05) is 30.2 Å². The van der Waals surface area contributed by atoms with Crippen LogP contribution in [0.3, 0.4) is 0 Å². The first-order chi connectivity index (χ1) is 9.16. The molecule has 0 radical (unpaired) electrons. The van der Waals surface area contributed by atoms with Crippen molar-refractivity contribution in [2.24, 2.45) is 0 Å². The van der Waals surface area contributed by atoms with Gasteiger partial charge in [0.05, 0.1) is 3.79 Å². The largest absolute Gasteiger partial charge is 0.339 e. The van der Waals surface area contributed by atoms with E-state index in [-0.39, 0.29) is 5.91 Å². The molecule has 0 aromatic carbocycles. The summed E-state index contributed by atoms with van der Waals surface area (Å²) in [6, 6.07) is 4.45. The summed E-state index contributed by atoms with van der Waals surface area (Å²) in [4.78, 5) is 15.2. The van der Waals surface area contributed by atoms with E-state index in [1.165, 1.54) is 25.7 Å². The molecule has 1 aromatic heterocycles. The normalized spacial score (nSPS) is 17.6. The second kappa shape index (κ2) is 7.25. The molecular weight excluding hydrogens is 322 g/mol. The maximum Gasteiger partial charge on any atom is 0.246 e. The lowest BCUT2D eigenvalue weighted by Crippen LogP contribution is -2.35. The molecule has 0 N–H and O–H groups in total. The zero-order chi connectivity index (χ0) is 13.7. The zero-order valence-corrected chi connectivity index (χ0v) is 13.7. The van der Waals surface area contributed by atoms with Crippen molar-refractivity contribution in [3.8, 4) is 0 Å². The maximum absolute atomic E-state index is 12.2. The van der Waals surface area contributed by atoms with Crippen molar-refractivity contribution in [1.29, 1.82) is 0 Å². The van der Waals surface area contributed by atoms with Gasteiger partial charge >= 0.3 is 0 Å². The Morgan fingerprint density at radius 2 is 2.00 bits per heavy atom. The monoisotopic (exact) mass is 341 g/mol. The molecule has 1 aliphatic carbocycles. The fraction of sp³-hybridized carbons (Fsp3) is 0.533. The molecule has 2 nitrogen and oxygen atoms in total.